The Morgan fingerprint density at radius 3 is 1.92 bits per heavy atom. The van der Waals surface area contributed by atoms with Gasteiger partial charge in [-0.05, 0) is 19.5 Å². The van der Waals surface area contributed by atoms with Crippen LogP contribution in [0.25, 0.3) is 0 Å². The number of likely N-dealkylation sites (N-methyl/N-ethyl adjacent to an activating group) is 1. The van der Waals surface area contributed by atoms with Gasteiger partial charge in [0.1, 0.15) is 0 Å². The molecule has 0 saturated carbocycles. The lowest BCUT2D eigenvalue weighted by Gasteiger charge is -2.60. The minimum Gasteiger partial charge on any atom is -0.379 e. The van der Waals surface area contributed by atoms with Gasteiger partial charge in [-0.3, -0.25) is 9.80 Å². The first-order valence-corrected chi connectivity index (χ1v) is 9.59. The molecule has 2 N–H and O–H groups in total. The minimum atomic E-state index is 0.587. The third-order valence-electron chi connectivity index (χ3n) is 4.81. The molecule has 0 radical (unpaired) electrons. The van der Waals surface area contributed by atoms with Crippen LogP contribution < -0.4 is 10.6 Å². The summed E-state index contributed by atoms with van der Waals surface area (Å²) in [5.41, 5.74) is 0.587. The second-order valence-electron chi connectivity index (χ2n) is 7.85. The molecular formula is C18H38N4O2. The Morgan fingerprint density at radius 1 is 0.875 bits per heavy atom. The Hall–Kier alpha value is -0.240. The van der Waals surface area contributed by atoms with Crippen molar-refractivity contribution in [1.29, 1.82) is 0 Å². The van der Waals surface area contributed by atoms with Crippen LogP contribution in [0.5, 0.6) is 0 Å². The molecule has 0 aromatic carbocycles. The van der Waals surface area contributed by atoms with Crippen LogP contribution in [0, 0.1) is 11.3 Å². The van der Waals surface area contributed by atoms with E-state index in [-0.39, 0.29) is 0 Å². The third-order valence-corrected chi connectivity index (χ3v) is 4.81. The van der Waals surface area contributed by atoms with Crippen molar-refractivity contribution in [1.82, 2.24) is 20.4 Å². The van der Waals surface area contributed by atoms with Gasteiger partial charge in [-0.2, -0.15) is 0 Å². The van der Waals surface area contributed by atoms with Crippen molar-refractivity contribution in [2.75, 3.05) is 92.4 Å². The van der Waals surface area contributed by atoms with E-state index in [1.807, 2.05) is 7.05 Å². The van der Waals surface area contributed by atoms with Crippen LogP contribution in [0.15, 0.2) is 0 Å². The highest BCUT2D eigenvalue weighted by molar-refractivity contribution is 5.05. The zero-order chi connectivity index (χ0) is 17.3. The SMILES string of the molecule is CNCCOCCN1CC2(C1)CN(CCOCCNCC(C)C)C2. The molecule has 6 heteroatoms. The molecule has 0 aromatic rings. The van der Waals surface area contributed by atoms with Crippen molar-refractivity contribution in [3.8, 4) is 0 Å². The predicted octanol–water partition coefficient (Wildman–Crippen LogP) is 0.102. The van der Waals surface area contributed by atoms with Crippen LogP contribution in [0.4, 0.5) is 0 Å². The van der Waals surface area contributed by atoms with Gasteiger partial charge >= 0.3 is 0 Å². The lowest BCUT2D eigenvalue weighted by atomic mass is 9.73. The van der Waals surface area contributed by atoms with Crippen molar-refractivity contribution in [3.63, 3.8) is 0 Å². The molecule has 1 spiro atoms. The van der Waals surface area contributed by atoms with E-state index in [1.54, 1.807) is 0 Å². The van der Waals surface area contributed by atoms with Gasteiger partial charge in [0.05, 0.1) is 26.4 Å². The molecular weight excluding hydrogens is 304 g/mol. The van der Waals surface area contributed by atoms with Crippen LogP contribution >= 0.6 is 0 Å². The summed E-state index contributed by atoms with van der Waals surface area (Å²) in [5.74, 6) is 0.712. The van der Waals surface area contributed by atoms with E-state index in [1.165, 1.54) is 26.2 Å². The van der Waals surface area contributed by atoms with E-state index < -0.39 is 0 Å². The summed E-state index contributed by atoms with van der Waals surface area (Å²) in [4.78, 5) is 5.05. The van der Waals surface area contributed by atoms with Gasteiger partial charge in [0.25, 0.3) is 0 Å². The molecule has 24 heavy (non-hydrogen) atoms. The highest BCUT2D eigenvalue weighted by Crippen LogP contribution is 2.38. The van der Waals surface area contributed by atoms with Gasteiger partial charge in [-0.15, -0.1) is 0 Å². The van der Waals surface area contributed by atoms with E-state index in [0.29, 0.717) is 11.3 Å². The van der Waals surface area contributed by atoms with Crippen molar-refractivity contribution >= 4 is 0 Å². The Bertz CT molecular complexity index is 327. The summed E-state index contributed by atoms with van der Waals surface area (Å²) >= 11 is 0. The number of hydrogen-bond donors (Lipinski definition) is 2. The molecule has 0 atom stereocenters. The molecule has 0 bridgehead atoms. The maximum absolute atomic E-state index is 5.71. The Morgan fingerprint density at radius 2 is 1.42 bits per heavy atom. The molecule has 2 aliphatic heterocycles. The molecule has 0 unspecified atom stereocenters. The Balaban J connectivity index is 1.36. The van der Waals surface area contributed by atoms with Crippen LogP contribution in [0.1, 0.15) is 13.8 Å². The topological polar surface area (TPSA) is 49.0 Å². The molecule has 2 fully saturated rings. The molecule has 2 rings (SSSR count). The van der Waals surface area contributed by atoms with Crippen LogP contribution in [-0.4, -0.2) is 102 Å². The lowest BCUT2D eigenvalue weighted by Crippen LogP contribution is -2.72. The Kier molecular flexibility index (Phi) is 8.94. The summed E-state index contributed by atoms with van der Waals surface area (Å²) < 4.78 is 11.3. The number of nitrogens with one attached hydrogen (secondary N) is 2. The van der Waals surface area contributed by atoms with E-state index in [0.717, 1.165) is 59.2 Å². The van der Waals surface area contributed by atoms with Gasteiger partial charge in [0.15, 0.2) is 0 Å². The van der Waals surface area contributed by atoms with Gasteiger partial charge in [-0.1, -0.05) is 13.8 Å². The maximum Gasteiger partial charge on any atom is 0.0594 e. The molecule has 142 valence electrons. The quantitative estimate of drug-likeness (QED) is 0.437. The maximum atomic E-state index is 5.71. The zero-order valence-electron chi connectivity index (χ0n) is 16.0. The molecule has 0 amide bonds. The van der Waals surface area contributed by atoms with E-state index in [2.05, 4.69) is 34.3 Å². The fourth-order valence-corrected chi connectivity index (χ4v) is 3.62. The van der Waals surface area contributed by atoms with Crippen molar-refractivity contribution < 1.29 is 9.47 Å². The first kappa shape index (κ1) is 20.1. The molecule has 0 aromatic heterocycles. The molecule has 0 aliphatic carbocycles. The van der Waals surface area contributed by atoms with Crippen LogP contribution in [0.3, 0.4) is 0 Å². The third kappa shape index (κ3) is 6.94. The highest BCUT2D eigenvalue weighted by atomic mass is 16.5. The molecule has 2 heterocycles. The van der Waals surface area contributed by atoms with Gasteiger partial charge in [0.2, 0.25) is 0 Å². The molecule has 6 nitrogen and oxygen atoms in total. The molecule has 2 aliphatic rings. The first-order chi connectivity index (χ1) is 11.6. The first-order valence-electron chi connectivity index (χ1n) is 9.59. The summed E-state index contributed by atoms with van der Waals surface area (Å²) in [6, 6.07) is 0. The highest BCUT2D eigenvalue weighted by Gasteiger charge is 2.50. The number of nitrogens with zero attached hydrogens (tertiary/aromatic N) is 2. The van der Waals surface area contributed by atoms with E-state index in [4.69, 9.17) is 9.47 Å². The van der Waals surface area contributed by atoms with Crippen LogP contribution in [-0.2, 0) is 9.47 Å². The average Bonchev–Trinajstić information content (AvgIpc) is 2.47. The Labute approximate surface area is 148 Å². The predicted molar refractivity (Wildman–Crippen MR) is 98.6 cm³/mol. The standard InChI is InChI=1S/C18H38N4O2/c1-17(2)12-20-5-9-24-11-7-22-15-18(16-22)13-21(14-18)6-10-23-8-4-19-3/h17,19-20H,4-16H2,1-3H3. The second-order valence-corrected chi connectivity index (χ2v) is 7.85. The van der Waals surface area contributed by atoms with E-state index in [9.17, 15) is 0 Å². The van der Waals surface area contributed by atoms with E-state index >= 15 is 0 Å². The smallest absolute Gasteiger partial charge is 0.0594 e. The van der Waals surface area contributed by atoms with Crippen molar-refractivity contribution in [2.45, 2.75) is 13.8 Å². The largest absolute Gasteiger partial charge is 0.379 e. The summed E-state index contributed by atoms with van der Waals surface area (Å²) in [7, 11) is 1.96. The fourth-order valence-electron chi connectivity index (χ4n) is 3.62. The fraction of sp³-hybridized carbons (Fsp3) is 1.00. The number of hydrogen-bond acceptors (Lipinski definition) is 6. The normalized spacial score (nSPS) is 20.5. The number of rotatable bonds is 14. The summed E-state index contributed by atoms with van der Waals surface area (Å²) in [6.45, 7) is 18.0. The van der Waals surface area contributed by atoms with Gasteiger partial charge in [-0.25, -0.2) is 0 Å². The van der Waals surface area contributed by atoms with Crippen molar-refractivity contribution in [3.05, 3.63) is 0 Å². The molecule has 2 saturated heterocycles. The lowest BCUT2D eigenvalue weighted by molar-refractivity contribution is -0.123. The number of likely N-dealkylation sites (tertiary alicyclic amines) is 2. The van der Waals surface area contributed by atoms with Gasteiger partial charge in [0, 0.05) is 57.8 Å². The average molecular weight is 343 g/mol. The second kappa shape index (κ2) is 10.7. The monoisotopic (exact) mass is 342 g/mol. The summed E-state index contributed by atoms with van der Waals surface area (Å²) in [6.07, 6.45) is 0. The van der Waals surface area contributed by atoms with Gasteiger partial charge < -0.3 is 20.1 Å². The minimum absolute atomic E-state index is 0.587. The zero-order valence-corrected chi connectivity index (χ0v) is 16.0. The summed E-state index contributed by atoms with van der Waals surface area (Å²) in [5, 5.41) is 6.50. The van der Waals surface area contributed by atoms with Crippen LogP contribution in [0.2, 0.25) is 0 Å². The number of ether oxygens (including phenoxy) is 2. The van der Waals surface area contributed by atoms with Crippen molar-refractivity contribution in [2.24, 2.45) is 11.3 Å².